The molecule has 0 spiro atoms. The number of aromatic amines is 1. The van der Waals surface area contributed by atoms with Crippen molar-refractivity contribution in [2.24, 2.45) is 11.0 Å². The van der Waals surface area contributed by atoms with Crippen LogP contribution in [0.3, 0.4) is 0 Å². The Kier molecular flexibility index (Phi) is 2.46. The van der Waals surface area contributed by atoms with Crippen molar-refractivity contribution in [2.45, 2.75) is 6.42 Å². The van der Waals surface area contributed by atoms with E-state index in [1.165, 1.54) is 4.90 Å². The van der Waals surface area contributed by atoms with Crippen LogP contribution in [0.2, 0.25) is 0 Å². The van der Waals surface area contributed by atoms with Gasteiger partial charge in [-0.3, -0.25) is 9.69 Å². The standard InChI is InChI=1S/C6H8N8O/c7-11-8-2-4-1-5(15)14(3-4)6-9-12-13-10-6/h4H,1-3H2,(H,9,10,12,13). The Bertz CT molecular complexity index is 393. The van der Waals surface area contributed by atoms with Crippen LogP contribution < -0.4 is 4.90 Å². The second kappa shape index (κ2) is 3.93. The molecule has 1 unspecified atom stereocenters. The summed E-state index contributed by atoms with van der Waals surface area (Å²) in [7, 11) is 0. The van der Waals surface area contributed by atoms with Crippen molar-refractivity contribution in [3.63, 3.8) is 0 Å². The molecule has 1 aromatic heterocycles. The van der Waals surface area contributed by atoms with Crippen LogP contribution in [-0.2, 0) is 4.79 Å². The summed E-state index contributed by atoms with van der Waals surface area (Å²) < 4.78 is 0. The smallest absolute Gasteiger partial charge is 0.272 e. The van der Waals surface area contributed by atoms with Gasteiger partial charge in [0, 0.05) is 24.4 Å². The topological polar surface area (TPSA) is 124 Å². The van der Waals surface area contributed by atoms with Crippen molar-refractivity contribution >= 4 is 11.9 Å². The number of aromatic nitrogens is 4. The minimum Gasteiger partial charge on any atom is -0.278 e. The molecule has 1 aromatic rings. The van der Waals surface area contributed by atoms with Gasteiger partial charge in [-0.1, -0.05) is 10.2 Å². The average Bonchev–Trinajstić information content (AvgIpc) is 2.83. The SMILES string of the molecule is [N-]=[N+]=NCC1CC(=O)N(c2nn[nH]n2)C1. The predicted molar refractivity (Wildman–Crippen MR) is 48.7 cm³/mol. The Morgan fingerprint density at radius 1 is 1.73 bits per heavy atom. The first-order valence-corrected chi connectivity index (χ1v) is 4.36. The molecule has 1 fully saturated rings. The molecule has 9 nitrogen and oxygen atoms in total. The Morgan fingerprint density at radius 3 is 3.27 bits per heavy atom. The summed E-state index contributed by atoms with van der Waals surface area (Å²) in [6, 6.07) is 0. The van der Waals surface area contributed by atoms with Crippen molar-refractivity contribution in [1.82, 2.24) is 20.6 Å². The lowest BCUT2D eigenvalue weighted by Gasteiger charge is -2.09. The van der Waals surface area contributed by atoms with Gasteiger partial charge in [0.05, 0.1) is 0 Å². The molecule has 1 aliphatic heterocycles. The second-order valence-electron chi connectivity index (χ2n) is 3.20. The molecule has 0 radical (unpaired) electrons. The first-order valence-electron chi connectivity index (χ1n) is 4.36. The van der Waals surface area contributed by atoms with Crippen molar-refractivity contribution in [1.29, 1.82) is 0 Å². The van der Waals surface area contributed by atoms with Crippen LogP contribution in [0.1, 0.15) is 6.42 Å². The minimum absolute atomic E-state index is 0.0342. The van der Waals surface area contributed by atoms with Gasteiger partial charge in [-0.2, -0.15) is 5.21 Å². The highest BCUT2D eigenvalue weighted by Crippen LogP contribution is 2.21. The third-order valence-corrected chi connectivity index (χ3v) is 2.18. The fraction of sp³-hybridized carbons (Fsp3) is 0.667. The molecule has 1 amide bonds. The maximum absolute atomic E-state index is 11.5. The molecular weight excluding hydrogens is 200 g/mol. The average molecular weight is 208 g/mol. The fourth-order valence-electron chi connectivity index (χ4n) is 1.52. The molecule has 0 saturated carbocycles. The first-order chi connectivity index (χ1) is 7.31. The summed E-state index contributed by atoms with van der Waals surface area (Å²) in [4.78, 5) is 15.6. The van der Waals surface area contributed by atoms with Crippen molar-refractivity contribution in [2.75, 3.05) is 18.0 Å². The summed E-state index contributed by atoms with van der Waals surface area (Å²) in [5, 5.41) is 16.5. The number of anilines is 1. The van der Waals surface area contributed by atoms with E-state index in [2.05, 4.69) is 30.7 Å². The molecular formula is C6H8N8O. The summed E-state index contributed by atoms with van der Waals surface area (Å²) >= 11 is 0. The number of carbonyl (C=O) groups excluding carboxylic acids is 1. The molecule has 9 heteroatoms. The van der Waals surface area contributed by atoms with Gasteiger partial charge >= 0.3 is 0 Å². The van der Waals surface area contributed by atoms with E-state index in [4.69, 9.17) is 5.53 Å². The Balaban J connectivity index is 2.05. The number of tetrazole rings is 1. The number of amides is 1. The lowest BCUT2D eigenvalue weighted by atomic mass is 10.1. The lowest BCUT2D eigenvalue weighted by molar-refractivity contribution is -0.117. The van der Waals surface area contributed by atoms with Crippen LogP contribution in [0.15, 0.2) is 5.11 Å². The Hall–Kier alpha value is -2.15. The lowest BCUT2D eigenvalue weighted by Crippen LogP contribution is -2.26. The minimum atomic E-state index is -0.0745. The van der Waals surface area contributed by atoms with Crippen LogP contribution in [0.5, 0.6) is 0 Å². The monoisotopic (exact) mass is 208 g/mol. The van der Waals surface area contributed by atoms with Crippen LogP contribution in [0.25, 0.3) is 10.4 Å². The molecule has 0 aromatic carbocycles. The molecule has 15 heavy (non-hydrogen) atoms. The van der Waals surface area contributed by atoms with Crippen LogP contribution in [0, 0.1) is 5.92 Å². The number of hydrogen-bond acceptors (Lipinski definition) is 5. The summed E-state index contributed by atoms with van der Waals surface area (Å²) in [6.07, 6.45) is 0.355. The van der Waals surface area contributed by atoms with E-state index in [9.17, 15) is 4.79 Å². The third-order valence-electron chi connectivity index (χ3n) is 2.18. The van der Waals surface area contributed by atoms with Crippen molar-refractivity contribution in [3.05, 3.63) is 10.4 Å². The molecule has 0 aliphatic carbocycles. The zero-order valence-corrected chi connectivity index (χ0v) is 7.74. The molecule has 2 rings (SSSR count). The first kappa shape index (κ1) is 9.41. The van der Waals surface area contributed by atoms with Crippen molar-refractivity contribution < 1.29 is 4.79 Å². The highest BCUT2D eigenvalue weighted by Gasteiger charge is 2.32. The fourth-order valence-corrected chi connectivity index (χ4v) is 1.52. The van der Waals surface area contributed by atoms with Gasteiger partial charge in [0.25, 0.3) is 5.95 Å². The van der Waals surface area contributed by atoms with Gasteiger partial charge in [0.15, 0.2) is 0 Å². The van der Waals surface area contributed by atoms with Crippen LogP contribution in [0.4, 0.5) is 5.95 Å². The van der Waals surface area contributed by atoms with E-state index in [-0.39, 0.29) is 17.8 Å². The molecule has 78 valence electrons. The van der Waals surface area contributed by atoms with Gasteiger partial charge < -0.3 is 0 Å². The van der Waals surface area contributed by atoms with E-state index in [0.29, 0.717) is 19.5 Å². The van der Waals surface area contributed by atoms with Crippen molar-refractivity contribution in [3.8, 4) is 0 Å². The molecule has 1 atom stereocenters. The number of hydrogen-bond donors (Lipinski definition) is 1. The Labute approximate surface area is 84.1 Å². The number of azide groups is 1. The Morgan fingerprint density at radius 2 is 2.60 bits per heavy atom. The number of nitrogens with one attached hydrogen (secondary N) is 1. The highest BCUT2D eigenvalue weighted by atomic mass is 16.2. The van der Waals surface area contributed by atoms with Gasteiger partial charge in [-0.15, -0.1) is 5.10 Å². The largest absolute Gasteiger partial charge is 0.278 e. The van der Waals surface area contributed by atoms with Gasteiger partial charge in [-0.05, 0) is 16.7 Å². The molecule has 1 N–H and O–H groups in total. The van der Waals surface area contributed by atoms with Crippen LogP contribution >= 0.6 is 0 Å². The number of rotatable bonds is 3. The zero-order valence-electron chi connectivity index (χ0n) is 7.74. The number of nitrogens with zero attached hydrogens (tertiary/aromatic N) is 7. The van der Waals surface area contributed by atoms with Gasteiger partial charge in [0.1, 0.15) is 0 Å². The molecule has 2 heterocycles. The van der Waals surface area contributed by atoms with E-state index in [0.717, 1.165) is 0 Å². The predicted octanol–water partition coefficient (Wildman–Crippen LogP) is -0.137. The zero-order chi connectivity index (χ0) is 10.7. The highest BCUT2D eigenvalue weighted by molar-refractivity contribution is 5.93. The maximum atomic E-state index is 11.5. The van der Waals surface area contributed by atoms with Crippen LogP contribution in [-0.4, -0.2) is 39.6 Å². The quantitative estimate of drug-likeness (QED) is 0.421. The summed E-state index contributed by atoms with van der Waals surface area (Å²) in [5.41, 5.74) is 8.16. The van der Waals surface area contributed by atoms with Gasteiger partial charge in [-0.25, -0.2) is 0 Å². The normalized spacial score (nSPS) is 20.4. The summed E-state index contributed by atoms with van der Waals surface area (Å²) in [6.45, 7) is 0.786. The van der Waals surface area contributed by atoms with E-state index in [1.54, 1.807) is 0 Å². The maximum Gasteiger partial charge on any atom is 0.272 e. The number of carbonyl (C=O) groups is 1. The second-order valence-corrected chi connectivity index (χ2v) is 3.20. The number of H-pyrrole nitrogens is 1. The molecule has 1 saturated heterocycles. The van der Waals surface area contributed by atoms with Gasteiger partial charge in [0.2, 0.25) is 5.91 Å². The third kappa shape index (κ3) is 1.86. The molecule has 1 aliphatic rings. The van der Waals surface area contributed by atoms with E-state index < -0.39 is 0 Å². The summed E-state index contributed by atoms with van der Waals surface area (Å²) in [5.74, 6) is 0.227. The molecule has 0 bridgehead atoms. The van der Waals surface area contributed by atoms with E-state index >= 15 is 0 Å². The van der Waals surface area contributed by atoms with E-state index in [1.807, 2.05) is 0 Å².